The third-order valence-electron chi connectivity index (χ3n) is 6.46. The molecule has 0 radical (unpaired) electrons. The first kappa shape index (κ1) is 24.3. The maximum atomic E-state index is 13.0. The number of amides is 3. The Morgan fingerprint density at radius 2 is 1.67 bits per heavy atom. The van der Waals surface area contributed by atoms with Crippen molar-refractivity contribution in [3.8, 4) is 0 Å². The van der Waals surface area contributed by atoms with Crippen molar-refractivity contribution < 1.29 is 19.2 Å². The van der Waals surface area contributed by atoms with E-state index in [1.54, 1.807) is 30.3 Å². The minimum atomic E-state index is -0.506. The van der Waals surface area contributed by atoms with Crippen LogP contribution in [0, 0.1) is 0 Å². The van der Waals surface area contributed by atoms with E-state index in [0.717, 1.165) is 65.5 Å². The number of hydrogen-bond acceptors (Lipinski definition) is 5. The Bertz CT molecular complexity index is 1390. The highest BCUT2D eigenvalue weighted by Gasteiger charge is 2.36. The minimum Gasteiger partial charge on any atom is -0.341 e. The maximum Gasteiger partial charge on any atom is 0.293 e. The fraction of sp³-hybridized carbons (Fsp3) is 0.259. The summed E-state index contributed by atoms with van der Waals surface area (Å²) in [6.07, 6.45) is 6.72. The summed E-state index contributed by atoms with van der Waals surface area (Å²) in [6.45, 7) is 1.45. The highest BCUT2D eigenvalue weighted by molar-refractivity contribution is 8.18. The third kappa shape index (κ3) is 4.96. The summed E-state index contributed by atoms with van der Waals surface area (Å²) < 4.78 is 1.90. The lowest BCUT2D eigenvalue weighted by atomic mass is 10.1. The van der Waals surface area contributed by atoms with E-state index in [9.17, 15) is 19.2 Å². The van der Waals surface area contributed by atoms with Gasteiger partial charge in [0.1, 0.15) is 6.54 Å². The first-order valence-electron chi connectivity index (χ1n) is 11.8. The SMILES string of the molecule is O=C(CN1C(=O)S/C(=C\c2cn(CC(=O)N3CCCCC3)c3ccccc23)C1=O)c1ccc(Cl)cc1. The first-order valence-corrected chi connectivity index (χ1v) is 13.0. The quantitative estimate of drug-likeness (QED) is 0.328. The predicted molar refractivity (Wildman–Crippen MR) is 141 cm³/mol. The average molecular weight is 522 g/mol. The molecule has 2 saturated heterocycles. The fourth-order valence-corrected chi connectivity index (χ4v) is 5.51. The number of Topliss-reactive ketones (excluding diaryl/α,β-unsaturated/α-hetero) is 1. The first-order chi connectivity index (χ1) is 17.4. The monoisotopic (exact) mass is 521 g/mol. The number of imide groups is 1. The Balaban J connectivity index is 1.37. The van der Waals surface area contributed by atoms with E-state index >= 15 is 0 Å². The molecule has 36 heavy (non-hydrogen) atoms. The van der Waals surface area contributed by atoms with Gasteiger partial charge in [0.05, 0.1) is 11.4 Å². The molecule has 3 amide bonds. The van der Waals surface area contributed by atoms with Crippen molar-refractivity contribution in [2.24, 2.45) is 0 Å². The van der Waals surface area contributed by atoms with Gasteiger partial charge in [-0.25, -0.2) is 0 Å². The van der Waals surface area contributed by atoms with Gasteiger partial charge in [0.2, 0.25) is 5.91 Å². The predicted octanol–water partition coefficient (Wildman–Crippen LogP) is 5.23. The number of ketones is 1. The molecule has 0 atom stereocenters. The lowest BCUT2D eigenvalue weighted by Gasteiger charge is -2.27. The fourth-order valence-electron chi connectivity index (χ4n) is 4.56. The third-order valence-corrected chi connectivity index (χ3v) is 7.62. The van der Waals surface area contributed by atoms with E-state index in [2.05, 4.69) is 0 Å². The van der Waals surface area contributed by atoms with Gasteiger partial charge in [0.25, 0.3) is 11.1 Å². The molecule has 3 aromatic rings. The maximum absolute atomic E-state index is 13.0. The molecule has 0 N–H and O–H groups in total. The molecule has 0 spiro atoms. The number of piperidine rings is 1. The summed E-state index contributed by atoms with van der Waals surface area (Å²) in [7, 11) is 0. The number of halogens is 1. The minimum absolute atomic E-state index is 0.0723. The Hall–Kier alpha value is -3.36. The van der Waals surface area contributed by atoms with Crippen LogP contribution in [0.4, 0.5) is 4.79 Å². The number of rotatable bonds is 6. The Kier molecular flexibility index (Phi) is 6.98. The molecule has 2 fully saturated rings. The second-order valence-electron chi connectivity index (χ2n) is 8.87. The number of likely N-dealkylation sites (tertiary alicyclic amines) is 1. The molecule has 9 heteroatoms. The van der Waals surface area contributed by atoms with Crippen molar-refractivity contribution in [1.82, 2.24) is 14.4 Å². The van der Waals surface area contributed by atoms with Gasteiger partial charge < -0.3 is 9.47 Å². The van der Waals surface area contributed by atoms with Crippen molar-refractivity contribution in [1.29, 1.82) is 0 Å². The molecule has 2 aromatic carbocycles. The zero-order chi connectivity index (χ0) is 25.2. The number of carbonyl (C=O) groups is 4. The number of thioether (sulfide) groups is 1. The van der Waals surface area contributed by atoms with E-state index in [4.69, 9.17) is 11.6 Å². The molecule has 0 bridgehead atoms. The van der Waals surface area contributed by atoms with Crippen LogP contribution >= 0.6 is 23.4 Å². The molecular formula is C27H24ClN3O4S. The molecule has 0 saturated carbocycles. The van der Waals surface area contributed by atoms with E-state index in [0.29, 0.717) is 10.6 Å². The van der Waals surface area contributed by atoms with Crippen molar-refractivity contribution in [3.05, 3.63) is 75.8 Å². The second-order valence-corrected chi connectivity index (χ2v) is 10.3. The number of aromatic nitrogens is 1. The molecule has 2 aliphatic heterocycles. The van der Waals surface area contributed by atoms with E-state index < -0.39 is 11.1 Å². The topological polar surface area (TPSA) is 79.7 Å². The normalized spacial score (nSPS) is 17.4. The molecule has 2 aliphatic rings. The molecule has 1 aromatic heterocycles. The van der Waals surface area contributed by atoms with Crippen LogP contribution < -0.4 is 0 Å². The molecule has 184 valence electrons. The average Bonchev–Trinajstić information content (AvgIpc) is 3.36. The van der Waals surface area contributed by atoms with Crippen LogP contribution in [0.2, 0.25) is 5.02 Å². The van der Waals surface area contributed by atoms with Crippen LogP contribution in [0.3, 0.4) is 0 Å². The highest BCUT2D eigenvalue weighted by Crippen LogP contribution is 2.34. The molecule has 3 heterocycles. The molecule has 5 rings (SSSR count). The van der Waals surface area contributed by atoms with E-state index in [1.807, 2.05) is 39.9 Å². The van der Waals surface area contributed by atoms with Crippen LogP contribution in [0.5, 0.6) is 0 Å². The summed E-state index contributed by atoms with van der Waals surface area (Å²) in [5.41, 5.74) is 2.00. The van der Waals surface area contributed by atoms with Crippen LogP contribution in [0.15, 0.2) is 59.6 Å². The number of benzene rings is 2. The van der Waals surface area contributed by atoms with Crippen LogP contribution in [0.1, 0.15) is 35.2 Å². The zero-order valence-corrected chi connectivity index (χ0v) is 21.1. The Labute approximate surface area is 217 Å². The Morgan fingerprint density at radius 1 is 0.944 bits per heavy atom. The number of hydrogen-bond donors (Lipinski definition) is 0. The molecular weight excluding hydrogens is 498 g/mol. The van der Waals surface area contributed by atoms with Gasteiger partial charge in [-0.15, -0.1) is 0 Å². The van der Waals surface area contributed by atoms with Gasteiger partial charge in [-0.3, -0.25) is 24.1 Å². The number of carbonyl (C=O) groups excluding carboxylic acids is 4. The molecule has 0 unspecified atom stereocenters. The standard InChI is InChI=1S/C27H24ClN3O4S/c28-20-10-8-18(9-11-20)23(32)16-31-26(34)24(36-27(31)35)14-19-15-30(22-7-3-2-6-21(19)22)17-25(33)29-12-4-1-5-13-29/h2-3,6-11,14-15H,1,4-5,12-13,16-17H2/b24-14-. The zero-order valence-electron chi connectivity index (χ0n) is 19.5. The smallest absolute Gasteiger partial charge is 0.293 e. The summed E-state index contributed by atoms with van der Waals surface area (Å²) in [6, 6.07) is 14.0. The number of para-hydroxylation sites is 1. The summed E-state index contributed by atoms with van der Waals surface area (Å²) >= 11 is 6.69. The number of fused-ring (bicyclic) bond motifs is 1. The van der Waals surface area contributed by atoms with Crippen molar-refractivity contribution in [3.63, 3.8) is 0 Å². The summed E-state index contributed by atoms with van der Waals surface area (Å²) in [5.74, 6) is -0.778. The second kappa shape index (κ2) is 10.3. The van der Waals surface area contributed by atoms with E-state index in [1.165, 1.54) is 0 Å². The highest BCUT2D eigenvalue weighted by atomic mass is 35.5. The van der Waals surface area contributed by atoms with Crippen molar-refractivity contribution >= 4 is 63.2 Å². The van der Waals surface area contributed by atoms with Gasteiger partial charge in [0.15, 0.2) is 5.78 Å². The van der Waals surface area contributed by atoms with Gasteiger partial charge in [0, 0.05) is 46.3 Å². The van der Waals surface area contributed by atoms with Gasteiger partial charge >= 0.3 is 0 Å². The van der Waals surface area contributed by atoms with E-state index in [-0.39, 0.29) is 29.7 Å². The Morgan fingerprint density at radius 3 is 2.42 bits per heavy atom. The van der Waals surface area contributed by atoms with Gasteiger partial charge in [-0.1, -0.05) is 29.8 Å². The summed E-state index contributed by atoms with van der Waals surface area (Å²) in [4.78, 5) is 54.3. The van der Waals surface area contributed by atoms with Crippen molar-refractivity contribution in [2.75, 3.05) is 19.6 Å². The lowest BCUT2D eigenvalue weighted by Crippen LogP contribution is -2.37. The lowest BCUT2D eigenvalue weighted by molar-refractivity contribution is -0.132. The van der Waals surface area contributed by atoms with Crippen LogP contribution in [-0.4, -0.2) is 56.8 Å². The largest absolute Gasteiger partial charge is 0.341 e. The van der Waals surface area contributed by atoms with Crippen molar-refractivity contribution in [2.45, 2.75) is 25.8 Å². The summed E-state index contributed by atoms with van der Waals surface area (Å²) in [5, 5.41) is 0.892. The van der Waals surface area contributed by atoms with Crippen LogP contribution in [0.25, 0.3) is 17.0 Å². The van der Waals surface area contributed by atoms with Gasteiger partial charge in [-0.05, 0) is 67.4 Å². The van der Waals surface area contributed by atoms with Gasteiger partial charge in [-0.2, -0.15) is 0 Å². The molecule has 0 aliphatic carbocycles. The molecule has 7 nitrogen and oxygen atoms in total. The number of nitrogens with zero attached hydrogens (tertiary/aromatic N) is 3. The van der Waals surface area contributed by atoms with Crippen LogP contribution in [-0.2, 0) is 16.1 Å².